The van der Waals surface area contributed by atoms with Gasteiger partial charge in [0, 0.05) is 5.56 Å². The third-order valence-corrected chi connectivity index (χ3v) is 1.74. The van der Waals surface area contributed by atoms with E-state index in [1.807, 2.05) is 0 Å². The van der Waals surface area contributed by atoms with Crippen LogP contribution in [0.5, 0.6) is 0 Å². The summed E-state index contributed by atoms with van der Waals surface area (Å²) in [5, 5.41) is 13.0. The average molecular weight is 219 g/mol. The van der Waals surface area contributed by atoms with Crippen molar-refractivity contribution in [1.82, 2.24) is 5.32 Å². The van der Waals surface area contributed by atoms with Crippen molar-refractivity contribution in [2.24, 2.45) is 0 Å². The third kappa shape index (κ3) is 2.68. The normalized spacial score (nSPS) is 11.6. The van der Waals surface area contributed by atoms with Gasteiger partial charge < -0.3 is 15.2 Å². The largest absolute Gasteiger partial charge is 0.548 e. The highest BCUT2D eigenvalue weighted by molar-refractivity contribution is 5.85. The van der Waals surface area contributed by atoms with Crippen molar-refractivity contribution in [3.63, 3.8) is 0 Å². The monoisotopic (exact) mass is 218 g/mol. The van der Waals surface area contributed by atoms with E-state index in [1.54, 1.807) is 6.07 Å². The van der Waals surface area contributed by atoms with Crippen LogP contribution in [0, 0.1) is 5.82 Å². The van der Waals surface area contributed by atoms with Crippen molar-refractivity contribution in [3.05, 3.63) is 35.6 Å². The zero-order chi connectivity index (χ0) is 9.84. The Labute approximate surface area is 87.4 Å². The fourth-order valence-corrected chi connectivity index (χ4v) is 1.11. The van der Waals surface area contributed by atoms with Gasteiger partial charge in [-0.1, -0.05) is 18.2 Å². The molecule has 0 radical (unpaired) electrons. The number of nitrogens with one attached hydrogen (secondary N) is 1. The second-order valence-corrected chi connectivity index (χ2v) is 2.56. The van der Waals surface area contributed by atoms with Crippen molar-refractivity contribution in [3.8, 4) is 0 Å². The minimum Gasteiger partial charge on any atom is -0.548 e. The van der Waals surface area contributed by atoms with Gasteiger partial charge in [0.15, 0.2) is 0 Å². The summed E-state index contributed by atoms with van der Waals surface area (Å²) in [7, 11) is 1.44. The molecule has 1 N–H and O–H groups in total. The van der Waals surface area contributed by atoms with Crippen LogP contribution < -0.4 is 10.4 Å². The van der Waals surface area contributed by atoms with Crippen LogP contribution in [0.1, 0.15) is 11.6 Å². The van der Waals surface area contributed by atoms with E-state index in [9.17, 15) is 14.3 Å². The maximum Gasteiger partial charge on any atom is 0.128 e. The lowest BCUT2D eigenvalue weighted by molar-refractivity contribution is -0.308. The number of halogens is 2. The molecule has 0 saturated heterocycles. The number of carbonyl (C=O) groups excluding carboxylic acids is 1. The molecule has 5 heteroatoms. The minimum atomic E-state index is -1.34. The summed E-state index contributed by atoms with van der Waals surface area (Å²) in [6, 6.07) is 4.60. The highest BCUT2D eigenvalue weighted by Crippen LogP contribution is 2.15. The average Bonchev–Trinajstić information content (AvgIpc) is 2.09. The number of benzene rings is 1. The maximum absolute atomic E-state index is 13.1. The molecule has 3 nitrogen and oxygen atoms in total. The number of carbonyl (C=O) groups is 1. The number of carboxylic acids is 1. The van der Waals surface area contributed by atoms with E-state index in [1.165, 1.54) is 25.2 Å². The highest BCUT2D eigenvalue weighted by Gasteiger charge is 2.13. The Morgan fingerprint density at radius 2 is 2.07 bits per heavy atom. The summed E-state index contributed by atoms with van der Waals surface area (Å²) in [6.07, 6.45) is 0. The topological polar surface area (TPSA) is 52.2 Å². The van der Waals surface area contributed by atoms with Crippen LogP contribution >= 0.6 is 12.4 Å². The number of aliphatic carboxylic acids is 1. The molecular formula is C9H10ClFNO2-. The number of rotatable bonds is 3. The second-order valence-electron chi connectivity index (χ2n) is 2.56. The molecule has 0 fully saturated rings. The molecule has 14 heavy (non-hydrogen) atoms. The van der Waals surface area contributed by atoms with E-state index in [-0.39, 0.29) is 18.0 Å². The molecule has 1 unspecified atom stereocenters. The van der Waals surface area contributed by atoms with Crippen molar-refractivity contribution in [2.45, 2.75) is 6.04 Å². The molecule has 0 saturated carbocycles. The second kappa shape index (κ2) is 5.57. The Kier molecular flexibility index (Phi) is 5.12. The summed E-state index contributed by atoms with van der Waals surface area (Å²) in [5.74, 6) is -1.89. The first-order valence-electron chi connectivity index (χ1n) is 3.79. The van der Waals surface area contributed by atoms with Crippen molar-refractivity contribution < 1.29 is 14.3 Å². The first kappa shape index (κ1) is 12.9. The Morgan fingerprint density at radius 1 is 1.50 bits per heavy atom. The number of hydrogen-bond donors (Lipinski definition) is 1. The van der Waals surface area contributed by atoms with Gasteiger partial charge in [-0.05, 0) is 13.1 Å². The van der Waals surface area contributed by atoms with E-state index in [2.05, 4.69) is 5.32 Å². The van der Waals surface area contributed by atoms with Crippen LogP contribution in [0.25, 0.3) is 0 Å². The lowest BCUT2D eigenvalue weighted by atomic mass is 10.1. The molecule has 0 amide bonds. The van der Waals surface area contributed by atoms with E-state index in [4.69, 9.17) is 0 Å². The molecular weight excluding hydrogens is 209 g/mol. The molecule has 0 aromatic heterocycles. The quantitative estimate of drug-likeness (QED) is 0.792. The standard InChI is InChI=1S/C9H10FNO2.ClH/c1-11-8(9(12)13)6-4-2-3-5-7(6)10;/h2-5,8,11H,1H3,(H,12,13);1H/p-1. The van der Waals surface area contributed by atoms with Gasteiger partial charge >= 0.3 is 0 Å². The molecule has 0 spiro atoms. The van der Waals surface area contributed by atoms with Crippen molar-refractivity contribution >= 4 is 18.4 Å². The zero-order valence-corrected chi connectivity index (χ0v) is 8.31. The first-order valence-corrected chi connectivity index (χ1v) is 3.79. The molecule has 0 aliphatic carbocycles. The van der Waals surface area contributed by atoms with Crippen molar-refractivity contribution in [2.75, 3.05) is 7.05 Å². The van der Waals surface area contributed by atoms with Gasteiger partial charge in [0.05, 0.1) is 12.0 Å². The van der Waals surface area contributed by atoms with Gasteiger partial charge in [-0.3, -0.25) is 0 Å². The van der Waals surface area contributed by atoms with E-state index in [0.717, 1.165) is 0 Å². The molecule has 0 bridgehead atoms. The lowest BCUT2D eigenvalue weighted by Crippen LogP contribution is -2.37. The smallest absolute Gasteiger partial charge is 0.128 e. The maximum atomic E-state index is 13.1. The predicted octanol–water partition coefficient (Wildman–Crippen LogP) is 0.258. The Balaban J connectivity index is 0.00000169. The summed E-state index contributed by atoms with van der Waals surface area (Å²) in [4.78, 5) is 10.5. The lowest BCUT2D eigenvalue weighted by Gasteiger charge is -2.17. The molecule has 1 atom stereocenters. The van der Waals surface area contributed by atoms with E-state index in [0.29, 0.717) is 0 Å². The molecule has 1 aromatic rings. The fraction of sp³-hybridized carbons (Fsp3) is 0.222. The Morgan fingerprint density at radius 3 is 2.50 bits per heavy atom. The van der Waals surface area contributed by atoms with Crippen LogP contribution in [0.3, 0.4) is 0 Å². The molecule has 1 rings (SSSR count). The first-order chi connectivity index (χ1) is 6.16. The van der Waals surface area contributed by atoms with Gasteiger partial charge in [0.25, 0.3) is 0 Å². The fourth-order valence-electron chi connectivity index (χ4n) is 1.11. The summed E-state index contributed by atoms with van der Waals surface area (Å²) in [5.41, 5.74) is 0.0880. The van der Waals surface area contributed by atoms with Crippen LogP contribution in [0.4, 0.5) is 4.39 Å². The van der Waals surface area contributed by atoms with Gasteiger partial charge in [0.2, 0.25) is 0 Å². The van der Waals surface area contributed by atoms with Crippen LogP contribution in [-0.4, -0.2) is 13.0 Å². The van der Waals surface area contributed by atoms with Crippen molar-refractivity contribution in [1.29, 1.82) is 0 Å². The predicted molar refractivity (Wildman–Crippen MR) is 50.5 cm³/mol. The van der Waals surface area contributed by atoms with Crippen LogP contribution in [0.15, 0.2) is 24.3 Å². The molecule has 1 aromatic carbocycles. The SMILES string of the molecule is CNC(C(=O)[O-])c1ccccc1F.Cl. The third-order valence-electron chi connectivity index (χ3n) is 1.74. The summed E-state index contributed by atoms with van der Waals surface area (Å²) < 4.78 is 13.1. The number of carboxylic acid groups (broad SMARTS) is 1. The number of hydrogen-bond acceptors (Lipinski definition) is 3. The molecule has 78 valence electrons. The Bertz CT molecular complexity index is 319. The van der Waals surface area contributed by atoms with E-state index >= 15 is 0 Å². The zero-order valence-electron chi connectivity index (χ0n) is 7.49. The Hall–Kier alpha value is -1.13. The molecule has 0 heterocycles. The van der Waals surface area contributed by atoms with Crippen LogP contribution in [-0.2, 0) is 4.79 Å². The minimum absolute atomic E-state index is 0. The van der Waals surface area contributed by atoms with Gasteiger partial charge in [-0.2, -0.15) is 0 Å². The van der Waals surface area contributed by atoms with E-state index < -0.39 is 17.8 Å². The van der Waals surface area contributed by atoms with Gasteiger partial charge in [-0.15, -0.1) is 12.4 Å². The van der Waals surface area contributed by atoms with Crippen LogP contribution in [0.2, 0.25) is 0 Å². The van der Waals surface area contributed by atoms with Gasteiger partial charge in [0.1, 0.15) is 5.82 Å². The molecule has 0 aliphatic heterocycles. The summed E-state index contributed by atoms with van der Waals surface area (Å²) in [6.45, 7) is 0. The molecule has 0 aliphatic rings. The van der Waals surface area contributed by atoms with Gasteiger partial charge in [-0.25, -0.2) is 4.39 Å². The summed E-state index contributed by atoms with van der Waals surface area (Å²) >= 11 is 0. The highest BCUT2D eigenvalue weighted by atomic mass is 35.5. The number of likely N-dealkylation sites (N-methyl/N-ethyl adjacent to an activating group) is 1.